The van der Waals surface area contributed by atoms with Gasteiger partial charge in [-0.2, -0.15) is 5.10 Å². The molecule has 0 aliphatic heterocycles. The molecule has 33 heavy (non-hydrogen) atoms. The van der Waals surface area contributed by atoms with Gasteiger partial charge in [0.05, 0.1) is 6.20 Å². The highest BCUT2D eigenvalue weighted by atomic mass is 19.2. The molecule has 1 N–H and O–H groups in total. The number of hydrogen-bond donors (Lipinski definition) is 1. The van der Waals surface area contributed by atoms with Crippen molar-refractivity contribution in [3.05, 3.63) is 59.6 Å². The summed E-state index contributed by atoms with van der Waals surface area (Å²) in [5.74, 6) is -1.26. The van der Waals surface area contributed by atoms with Gasteiger partial charge in [0.15, 0.2) is 23.0 Å². The molecule has 1 amide bonds. The van der Waals surface area contributed by atoms with Gasteiger partial charge in [-0.3, -0.25) is 9.48 Å². The van der Waals surface area contributed by atoms with Crippen LogP contribution in [0.4, 0.5) is 8.78 Å². The summed E-state index contributed by atoms with van der Waals surface area (Å²) in [4.78, 5) is 26.0. The molecular weight excluding hydrogens is 428 g/mol. The Kier molecular flexibility index (Phi) is 5.35. The molecule has 3 heterocycles. The highest BCUT2D eigenvalue weighted by molar-refractivity contribution is 6.02. The third kappa shape index (κ3) is 3.85. The molecule has 1 aromatic carbocycles. The summed E-state index contributed by atoms with van der Waals surface area (Å²) in [6.07, 6.45) is 9.01. The molecule has 0 saturated heterocycles. The van der Waals surface area contributed by atoms with Crippen LogP contribution in [0.25, 0.3) is 22.3 Å². The predicted molar refractivity (Wildman–Crippen MR) is 117 cm³/mol. The highest BCUT2D eigenvalue weighted by Crippen LogP contribution is 2.34. The van der Waals surface area contributed by atoms with Crippen LogP contribution in [-0.2, 0) is 20.6 Å². The number of fused-ring (bicyclic) bond motifs is 1. The molecule has 0 unspecified atom stereocenters. The first-order valence-electron chi connectivity index (χ1n) is 10.8. The lowest BCUT2D eigenvalue weighted by Gasteiger charge is -2.11. The van der Waals surface area contributed by atoms with Crippen molar-refractivity contribution in [3.63, 3.8) is 0 Å². The summed E-state index contributed by atoms with van der Waals surface area (Å²) >= 11 is 0. The summed E-state index contributed by atoms with van der Waals surface area (Å²) in [5, 5.41) is 6.73. The molecular formula is C23H23F2N7O. The normalized spacial score (nSPS) is 14.3. The van der Waals surface area contributed by atoms with Crippen LogP contribution in [0.3, 0.4) is 0 Å². The van der Waals surface area contributed by atoms with Gasteiger partial charge in [0, 0.05) is 43.9 Å². The SMILES string of the molecule is Cn1cc(-c2cc(F)c(F)c(CNC(=O)c3ncnc4nc(C5CCCC5)n(C)c34)c2)cn1. The number of carbonyl (C=O) groups is 1. The van der Waals surface area contributed by atoms with Crippen LogP contribution < -0.4 is 5.32 Å². The van der Waals surface area contributed by atoms with Crippen molar-refractivity contribution in [2.24, 2.45) is 14.1 Å². The van der Waals surface area contributed by atoms with Crippen LogP contribution in [0.15, 0.2) is 30.9 Å². The number of rotatable bonds is 5. The second-order valence-corrected chi connectivity index (χ2v) is 8.42. The molecule has 1 saturated carbocycles. The lowest BCUT2D eigenvalue weighted by Crippen LogP contribution is -2.25. The Morgan fingerprint density at radius 3 is 2.67 bits per heavy atom. The maximum absolute atomic E-state index is 14.5. The van der Waals surface area contributed by atoms with Crippen molar-refractivity contribution >= 4 is 17.1 Å². The average Bonchev–Trinajstić information content (AvgIpc) is 3.55. The second kappa shape index (κ2) is 8.34. The zero-order valence-electron chi connectivity index (χ0n) is 18.3. The van der Waals surface area contributed by atoms with Crippen molar-refractivity contribution in [3.8, 4) is 11.1 Å². The number of carbonyl (C=O) groups excluding carboxylic acids is 1. The van der Waals surface area contributed by atoms with Crippen molar-refractivity contribution in [1.82, 2.24) is 34.6 Å². The molecule has 8 nitrogen and oxygen atoms in total. The average molecular weight is 451 g/mol. The van der Waals surface area contributed by atoms with Gasteiger partial charge in [-0.25, -0.2) is 23.7 Å². The minimum absolute atomic E-state index is 0.0316. The Labute approximate surface area is 188 Å². The van der Waals surface area contributed by atoms with Crippen LogP contribution in [0.5, 0.6) is 0 Å². The molecule has 10 heteroatoms. The maximum Gasteiger partial charge on any atom is 0.272 e. The number of benzene rings is 1. The maximum atomic E-state index is 14.5. The Morgan fingerprint density at radius 2 is 1.94 bits per heavy atom. The molecule has 170 valence electrons. The van der Waals surface area contributed by atoms with Crippen molar-refractivity contribution in [2.75, 3.05) is 0 Å². The molecule has 0 atom stereocenters. The quantitative estimate of drug-likeness (QED) is 0.500. The Bertz CT molecular complexity index is 1350. The lowest BCUT2D eigenvalue weighted by molar-refractivity contribution is 0.0946. The molecule has 0 spiro atoms. The topological polar surface area (TPSA) is 90.5 Å². The molecule has 4 aromatic rings. The van der Waals surface area contributed by atoms with Crippen LogP contribution in [0, 0.1) is 11.6 Å². The number of hydrogen-bond acceptors (Lipinski definition) is 5. The largest absolute Gasteiger partial charge is 0.346 e. The Morgan fingerprint density at radius 1 is 1.15 bits per heavy atom. The number of nitrogens with zero attached hydrogens (tertiary/aromatic N) is 6. The first-order valence-corrected chi connectivity index (χ1v) is 10.8. The monoisotopic (exact) mass is 451 g/mol. The smallest absolute Gasteiger partial charge is 0.272 e. The summed E-state index contributed by atoms with van der Waals surface area (Å²) in [7, 11) is 3.60. The molecule has 5 rings (SSSR count). The molecule has 1 aliphatic carbocycles. The van der Waals surface area contributed by atoms with E-state index in [2.05, 4.69) is 25.4 Å². The standard InChI is InChI=1S/C23H23F2N7O/c1-31-11-16(10-29-31)14-7-15(18(25)17(24)8-14)9-26-23(33)19-20-21(28-12-27-19)30-22(32(20)2)13-5-3-4-6-13/h7-8,10-13H,3-6,9H2,1-2H3,(H,26,33). The van der Waals surface area contributed by atoms with Crippen LogP contribution in [0.2, 0.25) is 0 Å². The number of aromatic nitrogens is 6. The first kappa shape index (κ1) is 21.2. The Hall–Kier alpha value is -3.69. The van der Waals surface area contributed by atoms with Crippen molar-refractivity contribution in [1.29, 1.82) is 0 Å². The number of halogens is 2. The summed E-state index contributed by atoms with van der Waals surface area (Å²) < 4.78 is 32.2. The lowest BCUT2D eigenvalue weighted by atomic mass is 10.0. The zero-order valence-corrected chi connectivity index (χ0v) is 18.3. The van der Waals surface area contributed by atoms with Crippen LogP contribution in [-0.4, -0.2) is 35.2 Å². The summed E-state index contributed by atoms with van der Waals surface area (Å²) in [5.41, 5.74) is 2.30. The number of aryl methyl sites for hydroxylation is 2. The number of amides is 1. The van der Waals surface area contributed by atoms with E-state index in [0.717, 1.165) is 37.6 Å². The fraction of sp³-hybridized carbons (Fsp3) is 0.348. The first-order chi connectivity index (χ1) is 15.9. The predicted octanol–water partition coefficient (Wildman–Crippen LogP) is 3.63. The zero-order chi connectivity index (χ0) is 23.1. The van der Waals surface area contributed by atoms with E-state index in [1.807, 2.05) is 11.6 Å². The van der Waals surface area contributed by atoms with Gasteiger partial charge >= 0.3 is 0 Å². The summed E-state index contributed by atoms with van der Waals surface area (Å²) in [6.45, 7) is -0.200. The fourth-order valence-corrected chi connectivity index (χ4v) is 4.54. The van der Waals surface area contributed by atoms with E-state index in [4.69, 9.17) is 0 Å². The van der Waals surface area contributed by atoms with E-state index in [9.17, 15) is 13.6 Å². The van der Waals surface area contributed by atoms with Gasteiger partial charge in [-0.15, -0.1) is 0 Å². The van der Waals surface area contributed by atoms with Gasteiger partial charge in [0.1, 0.15) is 17.7 Å². The van der Waals surface area contributed by atoms with E-state index >= 15 is 0 Å². The Balaban J connectivity index is 1.42. The van der Waals surface area contributed by atoms with E-state index < -0.39 is 17.5 Å². The van der Waals surface area contributed by atoms with Gasteiger partial charge in [0.2, 0.25) is 0 Å². The minimum Gasteiger partial charge on any atom is -0.346 e. The van der Waals surface area contributed by atoms with E-state index in [0.29, 0.717) is 28.2 Å². The number of imidazole rings is 1. The molecule has 1 aliphatic rings. The van der Waals surface area contributed by atoms with Crippen molar-refractivity contribution in [2.45, 2.75) is 38.1 Å². The molecule has 0 bridgehead atoms. The van der Waals surface area contributed by atoms with E-state index in [1.54, 1.807) is 24.1 Å². The van der Waals surface area contributed by atoms with Gasteiger partial charge in [-0.05, 0) is 30.5 Å². The van der Waals surface area contributed by atoms with Gasteiger partial charge < -0.3 is 9.88 Å². The van der Waals surface area contributed by atoms with Gasteiger partial charge in [0.25, 0.3) is 5.91 Å². The highest BCUT2D eigenvalue weighted by Gasteiger charge is 2.26. The van der Waals surface area contributed by atoms with Crippen molar-refractivity contribution < 1.29 is 13.6 Å². The molecule has 3 aromatic heterocycles. The minimum atomic E-state index is -1.00. The van der Waals surface area contributed by atoms with E-state index in [1.165, 1.54) is 12.4 Å². The molecule has 1 fully saturated rings. The fourth-order valence-electron chi connectivity index (χ4n) is 4.54. The third-order valence-electron chi connectivity index (χ3n) is 6.22. The van der Waals surface area contributed by atoms with Gasteiger partial charge in [-0.1, -0.05) is 12.8 Å². The van der Waals surface area contributed by atoms with Crippen LogP contribution >= 0.6 is 0 Å². The second-order valence-electron chi connectivity index (χ2n) is 8.42. The van der Waals surface area contributed by atoms with Crippen LogP contribution in [0.1, 0.15) is 53.5 Å². The molecule has 0 radical (unpaired) electrons. The third-order valence-corrected chi connectivity index (χ3v) is 6.22. The van der Waals surface area contributed by atoms with E-state index in [-0.39, 0.29) is 17.8 Å². The number of nitrogens with one attached hydrogen (secondary N) is 1. The summed E-state index contributed by atoms with van der Waals surface area (Å²) in [6, 6.07) is 2.62.